The molecule has 1 N–H and O–H groups in total. The zero-order chi connectivity index (χ0) is 18.4. The van der Waals surface area contributed by atoms with Gasteiger partial charge in [0.1, 0.15) is 11.6 Å². The molecule has 0 spiro atoms. The van der Waals surface area contributed by atoms with Crippen LogP contribution in [-0.4, -0.2) is 27.9 Å². The van der Waals surface area contributed by atoms with Crippen molar-refractivity contribution in [3.05, 3.63) is 59.4 Å². The van der Waals surface area contributed by atoms with E-state index in [0.29, 0.717) is 0 Å². The lowest BCUT2D eigenvalue weighted by atomic mass is 10.1. The molecule has 2 aromatic carbocycles. The van der Waals surface area contributed by atoms with Crippen molar-refractivity contribution in [2.75, 3.05) is 13.2 Å². The van der Waals surface area contributed by atoms with E-state index in [-0.39, 0.29) is 6.61 Å². The van der Waals surface area contributed by atoms with Crippen LogP contribution in [0.5, 0.6) is 5.75 Å². The Morgan fingerprint density at radius 1 is 1.00 bits per heavy atom. The number of unbranched alkanes of at least 4 members (excludes halogenated alkanes) is 1. The van der Waals surface area contributed by atoms with Crippen LogP contribution in [0.15, 0.2) is 42.5 Å². The second-order valence-electron chi connectivity index (χ2n) is 6.75. The van der Waals surface area contributed by atoms with Crippen LogP contribution in [0.4, 0.5) is 0 Å². The molecule has 1 aromatic heterocycles. The number of fused-ring (bicyclic) bond motifs is 1. The summed E-state index contributed by atoms with van der Waals surface area (Å²) in [5.74, 6) is 2.05. The van der Waals surface area contributed by atoms with Crippen molar-refractivity contribution in [1.29, 1.82) is 0 Å². The molecule has 0 saturated carbocycles. The van der Waals surface area contributed by atoms with Gasteiger partial charge in [0.15, 0.2) is 0 Å². The summed E-state index contributed by atoms with van der Waals surface area (Å²) < 4.78 is 8.26. The maximum atomic E-state index is 9.14. The smallest absolute Gasteiger partial charge is 0.122 e. The van der Waals surface area contributed by atoms with E-state index in [1.54, 1.807) is 0 Å². The van der Waals surface area contributed by atoms with Gasteiger partial charge in [-0.1, -0.05) is 24.3 Å². The Kier molecular flexibility index (Phi) is 6.29. The van der Waals surface area contributed by atoms with E-state index in [4.69, 9.17) is 14.8 Å². The average Bonchev–Trinajstić information content (AvgIpc) is 3.00. The summed E-state index contributed by atoms with van der Waals surface area (Å²) in [6.45, 7) is 6.07. The molecule has 0 bridgehead atoms. The summed E-state index contributed by atoms with van der Waals surface area (Å²) in [5, 5.41) is 9.14. The minimum Gasteiger partial charge on any atom is -0.493 e. The molecule has 4 nitrogen and oxygen atoms in total. The summed E-state index contributed by atoms with van der Waals surface area (Å²) >= 11 is 0. The van der Waals surface area contributed by atoms with E-state index in [9.17, 15) is 0 Å². The van der Waals surface area contributed by atoms with Crippen molar-refractivity contribution in [2.45, 2.75) is 46.1 Å². The Morgan fingerprint density at radius 2 is 1.85 bits per heavy atom. The van der Waals surface area contributed by atoms with Crippen LogP contribution < -0.4 is 4.74 Å². The van der Waals surface area contributed by atoms with Gasteiger partial charge in [0, 0.05) is 19.6 Å². The number of aryl methyl sites for hydroxylation is 3. The first-order valence-electron chi connectivity index (χ1n) is 9.44. The number of hydrogen-bond donors (Lipinski definition) is 1. The topological polar surface area (TPSA) is 47.3 Å². The van der Waals surface area contributed by atoms with E-state index in [1.165, 1.54) is 16.6 Å². The van der Waals surface area contributed by atoms with Crippen LogP contribution in [0.1, 0.15) is 36.2 Å². The molecule has 0 radical (unpaired) electrons. The van der Waals surface area contributed by atoms with E-state index in [2.05, 4.69) is 42.7 Å². The Labute approximate surface area is 155 Å². The average molecular weight is 352 g/mol. The zero-order valence-electron chi connectivity index (χ0n) is 15.7. The molecule has 0 atom stereocenters. The molecule has 0 unspecified atom stereocenters. The molecule has 1 heterocycles. The van der Waals surface area contributed by atoms with Crippen molar-refractivity contribution >= 4 is 11.0 Å². The fourth-order valence-corrected chi connectivity index (χ4v) is 3.24. The first-order chi connectivity index (χ1) is 12.7. The highest BCUT2D eigenvalue weighted by molar-refractivity contribution is 5.75. The normalized spacial score (nSPS) is 11.2. The highest BCUT2D eigenvalue weighted by atomic mass is 16.5. The molecule has 26 heavy (non-hydrogen) atoms. The van der Waals surface area contributed by atoms with Gasteiger partial charge in [0.05, 0.1) is 17.6 Å². The molecule has 0 fully saturated rings. The van der Waals surface area contributed by atoms with Gasteiger partial charge in [0.25, 0.3) is 0 Å². The van der Waals surface area contributed by atoms with Crippen molar-refractivity contribution in [1.82, 2.24) is 9.55 Å². The Balaban J connectivity index is 1.58. The lowest BCUT2D eigenvalue weighted by Gasteiger charge is -2.12. The Hall–Kier alpha value is -2.33. The first kappa shape index (κ1) is 18.5. The quantitative estimate of drug-likeness (QED) is 0.579. The molecule has 0 aliphatic rings. The number of aliphatic hydroxyl groups excluding tert-OH is 1. The fraction of sp³-hybridized carbons (Fsp3) is 0.409. The van der Waals surface area contributed by atoms with E-state index in [1.807, 2.05) is 18.2 Å². The van der Waals surface area contributed by atoms with Gasteiger partial charge in [-0.05, 0) is 62.4 Å². The third-order valence-corrected chi connectivity index (χ3v) is 4.88. The number of nitrogens with zero attached hydrogens (tertiary/aromatic N) is 2. The maximum absolute atomic E-state index is 9.14. The summed E-state index contributed by atoms with van der Waals surface area (Å²) in [5.41, 5.74) is 4.70. The summed E-state index contributed by atoms with van der Waals surface area (Å²) in [6, 6.07) is 14.4. The zero-order valence-corrected chi connectivity index (χ0v) is 15.7. The van der Waals surface area contributed by atoms with Gasteiger partial charge in [-0.15, -0.1) is 0 Å². The number of para-hydroxylation sites is 2. The minimum atomic E-state index is 0.201. The number of ether oxygens (including phenoxy) is 1. The second-order valence-corrected chi connectivity index (χ2v) is 6.75. The van der Waals surface area contributed by atoms with E-state index < -0.39 is 0 Å². The van der Waals surface area contributed by atoms with Gasteiger partial charge in [-0.3, -0.25) is 0 Å². The van der Waals surface area contributed by atoms with E-state index in [0.717, 1.165) is 55.9 Å². The van der Waals surface area contributed by atoms with Crippen molar-refractivity contribution in [2.24, 2.45) is 0 Å². The van der Waals surface area contributed by atoms with E-state index >= 15 is 0 Å². The SMILES string of the molecule is Cc1cccc(OCCCCn2c(CCCO)nc3ccccc32)c1C. The number of imidazole rings is 1. The fourth-order valence-electron chi connectivity index (χ4n) is 3.24. The highest BCUT2D eigenvalue weighted by Crippen LogP contribution is 2.21. The summed E-state index contributed by atoms with van der Waals surface area (Å²) in [4.78, 5) is 4.74. The number of rotatable bonds is 9. The molecule has 3 rings (SSSR count). The van der Waals surface area contributed by atoms with Gasteiger partial charge < -0.3 is 14.4 Å². The second kappa shape index (κ2) is 8.86. The standard InChI is InChI=1S/C22H28N2O2/c1-17-9-7-12-21(18(17)2)26-16-6-5-14-24-20-11-4-3-10-19(20)23-22(24)13-8-15-25/h3-4,7,9-12,25H,5-6,8,13-16H2,1-2H3. The monoisotopic (exact) mass is 352 g/mol. The van der Waals surface area contributed by atoms with Crippen LogP contribution in [-0.2, 0) is 13.0 Å². The molecular formula is C22H28N2O2. The lowest BCUT2D eigenvalue weighted by molar-refractivity contribution is 0.286. The van der Waals surface area contributed by atoms with Gasteiger partial charge >= 0.3 is 0 Å². The third-order valence-electron chi connectivity index (χ3n) is 4.88. The minimum absolute atomic E-state index is 0.201. The van der Waals surface area contributed by atoms with Crippen LogP contribution >= 0.6 is 0 Å². The lowest BCUT2D eigenvalue weighted by Crippen LogP contribution is -2.07. The predicted molar refractivity (Wildman–Crippen MR) is 106 cm³/mol. The molecule has 0 amide bonds. The van der Waals surface area contributed by atoms with Crippen LogP contribution in [0.2, 0.25) is 0 Å². The molecule has 4 heteroatoms. The van der Waals surface area contributed by atoms with Crippen molar-refractivity contribution in [3.63, 3.8) is 0 Å². The maximum Gasteiger partial charge on any atom is 0.122 e. The molecular weight excluding hydrogens is 324 g/mol. The third kappa shape index (κ3) is 4.25. The molecule has 0 aliphatic heterocycles. The van der Waals surface area contributed by atoms with Crippen molar-refractivity contribution < 1.29 is 9.84 Å². The van der Waals surface area contributed by atoms with Crippen LogP contribution in [0.3, 0.4) is 0 Å². The van der Waals surface area contributed by atoms with Crippen molar-refractivity contribution in [3.8, 4) is 5.75 Å². The molecule has 138 valence electrons. The number of hydrogen-bond acceptors (Lipinski definition) is 3. The highest BCUT2D eigenvalue weighted by Gasteiger charge is 2.10. The molecule has 0 saturated heterocycles. The first-order valence-corrected chi connectivity index (χ1v) is 9.44. The number of benzene rings is 2. The Bertz CT molecular complexity index is 854. The number of aromatic nitrogens is 2. The van der Waals surface area contributed by atoms with Gasteiger partial charge in [-0.2, -0.15) is 0 Å². The Morgan fingerprint density at radius 3 is 2.69 bits per heavy atom. The molecule has 0 aliphatic carbocycles. The summed E-state index contributed by atoms with van der Waals surface area (Å²) in [6.07, 6.45) is 3.60. The number of aliphatic hydroxyl groups is 1. The van der Waals surface area contributed by atoms with Gasteiger partial charge in [-0.25, -0.2) is 4.98 Å². The van der Waals surface area contributed by atoms with Crippen LogP contribution in [0.25, 0.3) is 11.0 Å². The largest absolute Gasteiger partial charge is 0.493 e. The van der Waals surface area contributed by atoms with Gasteiger partial charge in [0.2, 0.25) is 0 Å². The predicted octanol–water partition coefficient (Wildman–Crippen LogP) is 4.44. The molecule has 3 aromatic rings. The summed E-state index contributed by atoms with van der Waals surface area (Å²) in [7, 11) is 0. The van der Waals surface area contributed by atoms with Crippen LogP contribution in [0, 0.1) is 13.8 Å².